The van der Waals surface area contributed by atoms with Gasteiger partial charge in [0, 0.05) is 31.3 Å². The van der Waals surface area contributed by atoms with Crippen LogP contribution in [-0.2, 0) is 4.79 Å². The lowest BCUT2D eigenvalue weighted by Crippen LogP contribution is -2.39. The van der Waals surface area contributed by atoms with Gasteiger partial charge in [-0.1, -0.05) is 12.1 Å². The van der Waals surface area contributed by atoms with Crippen LogP contribution < -0.4 is 16.2 Å². The molecule has 1 aliphatic carbocycles. The van der Waals surface area contributed by atoms with Crippen LogP contribution in [0.3, 0.4) is 0 Å². The summed E-state index contributed by atoms with van der Waals surface area (Å²) in [5.41, 5.74) is 0.147. The summed E-state index contributed by atoms with van der Waals surface area (Å²) in [5.74, 6) is 0.0933. The highest BCUT2D eigenvalue weighted by Crippen LogP contribution is 2.24. The standard InChI is InChI=1S/C22H23FN6O2/c1-14(30)25-15-8-10-16(11-9-15)26-22-24-13-17(23)21(28-22)18-5-4-6-19(27-18)29-12-3-2-7-20(29)31/h2-7,12-13,15-16H,8-11H2,1H3,(H,25,30)(H,24,26,28)/t15-,16-. The summed E-state index contributed by atoms with van der Waals surface area (Å²) in [5, 5.41) is 6.21. The number of hydrogen-bond acceptors (Lipinski definition) is 6. The van der Waals surface area contributed by atoms with Gasteiger partial charge < -0.3 is 10.6 Å². The second-order valence-corrected chi connectivity index (χ2v) is 7.57. The zero-order valence-electron chi connectivity index (χ0n) is 17.1. The van der Waals surface area contributed by atoms with E-state index in [2.05, 4.69) is 25.6 Å². The predicted molar refractivity (Wildman–Crippen MR) is 114 cm³/mol. The van der Waals surface area contributed by atoms with Gasteiger partial charge in [-0.2, -0.15) is 0 Å². The molecule has 0 aliphatic heterocycles. The van der Waals surface area contributed by atoms with Gasteiger partial charge in [0.1, 0.15) is 11.5 Å². The maximum absolute atomic E-state index is 14.5. The first-order valence-corrected chi connectivity index (χ1v) is 10.2. The number of amides is 1. The van der Waals surface area contributed by atoms with E-state index in [1.54, 1.807) is 36.5 Å². The Balaban J connectivity index is 1.53. The lowest BCUT2D eigenvalue weighted by Gasteiger charge is -2.29. The topological polar surface area (TPSA) is 102 Å². The van der Waals surface area contributed by atoms with E-state index in [0.29, 0.717) is 17.5 Å². The van der Waals surface area contributed by atoms with Crippen LogP contribution in [0.5, 0.6) is 0 Å². The zero-order valence-corrected chi connectivity index (χ0v) is 17.1. The average Bonchev–Trinajstić information content (AvgIpc) is 2.76. The van der Waals surface area contributed by atoms with Gasteiger partial charge in [-0.05, 0) is 43.9 Å². The Labute approximate surface area is 178 Å². The number of halogens is 1. The molecule has 0 saturated heterocycles. The summed E-state index contributed by atoms with van der Waals surface area (Å²) in [6.45, 7) is 1.52. The van der Waals surface area contributed by atoms with E-state index in [-0.39, 0.29) is 29.2 Å². The lowest BCUT2D eigenvalue weighted by molar-refractivity contribution is -0.119. The van der Waals surface area contributed by atoms with E-state index < -0.39 is 5.82 Å². The van der Waals surface area contributed by atoms with Crippen LogP contribution >= 0.6 is 0 Å². The molecule has 3 heterocycles. The molecule has 0 aromatic carbocycles. The van der Waals surface area contributed by atoms with Crippen molar-refractivity contribution < 1.29 is 9.18 Å². The fraction of sp³-hybridized carbons (Fsp3) is 0.318. The van der Waals surface area contributed by atoms with Gasteiger partial charge in [0.2, 0.25) is 11.9 Å². The molecule has 1 aliphatic rings. The Kier molecular flexibility index (Phi) is 6.01. The minimum absolute atomic E-state index is 0.0181. The van der Waals surface area contributed by atoms with Gasteiger partial charge in [0.25, 0.3) is 5.56 Å². The van der Waals surface area contributed by atoms with Crippen molar-refractivity contribution in [3.8, 4) is 17.2 Å². The second kappa shape index (κ2) is 9.03. The summed E-state index contributed by atoms with van der Waals surface area (Å²) < 4.78 is 15.9. The number of hydrogen-bond donors (Lipinski definition) is 2. The molecule has 3 aromatic heterocycles. The van der Waals surface area contributed by atoms with Gasteiger partial charge >= 0.3 is 0 Å². The number of nitrogens with zero attached hydrogens (tertiary/aromatic N) is 4. The molecule has 1 saturated carbocycles. The molecular formula is C22H23FN6O2. The van der Waals surface area contributed by atoms with Crippen molar-refractivity contribution in [2.45, 2.75) is 44.7 Å². The third-order valence-electron chi connectivity index (χ3n) is 5.26. The maximum atomic E-state index is 14.5. The van der Waals surface area contributed by atoms with Crippen LogP contribution in [0.15, 0.2) is 53.6 Å². The molecular weight excluding hydrogens is 399 g/mol. The molecule has 1 fully saturated rings. The van der Waals surface area contributed by atoms with Crippen molar-refractivity contribution >= 4 is 11.9 Å². The Hall–Kier alpha value is -3.62. The van der Waals surface area contributed by atoms with Gasteiger partial charge in [0.15, 0.2) is 5.82 Å². The fourth-order valence-corrected chi connectivity index (χ4v) is 3.77. The molecule has 0 atom stereocenters. The number of nitrogens with one attached hydrogen (secondary N) is 2. The number of aromatic nitrogens is 4. The molecule has 0 bridgehead atoms. The quantitative estimate of drug-likeness (QED) is 0.656. The average molecular weight is 422 g/mol. The lowest BCUT2D eigenvalue weighted by atomic mass is 9.91. The van der Waals surface area contributed by atoms with Gasteiger partial charge in [-0.3, -0.25) is 14.2 Å². The van der Waals surface area contributed by atoms with E-state index >= 15 is 0 Å². The highest BCUT2D eigenvalue weighted by atomic mass is 19.1. The van der Waals surface area contributed by atoms with Crippen molar-refractivity contribution in [2.75, 3.05) is 5.32 Å². The van der Waals surface area contributed by atoms with Crippen molar-refractivity contribution in [2.24, 2.45) is 0 Å². The molecule has 0 spiro atoms. The Morgan fingerprint density at radius 2 is 1.84 bits per heavy atom. The van der Waals surface area contributed by atoms with Gasteiger partial charge in [-0.15, -0.1) is 0 Å². The third-order valence-corrected chi connectivity index (χ3v) is 5.26. The summed E-state index contributed by atoms with van der Waals surface area (Å²) in [6, 6.07) is 10.2. The molecule has 160 valence electrons. The molecule has 4 rings (SSSR count). The normalized spacial score (nSPS) is 18.4. The zero-order chi connectivity index (χ0) is 21.8. The third kappa shape index (κ3) is 4.93. The molecule has 8 nitrogen and oxygen atoms in total. The van der Waals surface area contributed by atoms with E-state index in [1.165, 1.54) is 17.6 Å². The van der Waals surface area contributed by atoms with Crippen LogP contribution in [0, 0.1) is 5.82 Å². The minimum Gasteiger partial charge on any atom is -0.354 e. The molecule has 31 heavy (non-hydrogen) atoms. The van der Waals surface area contributed by atoms with E-state index in [0.717, 1.165) is 31.9 Å². The summed E-state index contributed by atoms with van der Waals surface area (Å²) in [7, 11) is 0. The first-order chi connectivity index (χ1) is 15.0. The highest BCUT2D eigenvalue weighted by Gasteiger charge is 2.22. The van der Waals surface area contributed by atoms with Crippen LogP contribution in [0.1, 0.15) is 32.6 Å². The predicted octanol–water partition coefficient (Wildman–Crippen LogP) is 2.69. The summed E-state index contributed by atoms with van der Waals surface area (Å²) in [4.78, 5) is 36.1. The SMILES string of the molecule is CC(=O)N[C@H]1CC[C@H](Nc2ncc(F)c(-c3cccc(-n4ccccc4=O)n3)n2)CC1. The van der Waals surface area contributed by atoms with Crippen LogP contribution in [0.2, 0.25) is 0 Å². The Bertz CT molecular complexity index is 1140. The molecule has 0 radical (unpaired) electrons. The second-order valence-electron chi connectivity index (χ2n) is 7.57. The summed E-state index contributed by atoms with van der Waals surface area (Å²) >= 11 is 0. The van der Waals surface area contributed by atoms with Crippen LogP contribution in [0.25, 0.3) is 17.2 Å². The van der Waals surface area contributed by atoms with Crippen LogP contribution in [-0.4, -0.2) is 37.5 Å². The van der Waals surface area contributed by atoms with E-state index in [1.807, 2.05) is 0 Å². The molecule has 0 unspecified atom stereocenters. The molecule has 3 aromatic rings. The van der Waals surface area contributed by atoms with Crippen LogP contribution in [0.4, 0.5) is 10.3 Å². The van der Waals surface area contributed by atoms with Crippen molar-refractivity contribution in [1.82, 2.24) is 24.8 Å². The first-order valence-electron chi connectivity index (χ1n) is 10.2. The van der Waals surface area contributed by atoms with Gasteiger partial charge in [-0.25, -0.2) is 19.3 Å². The number of anilines is 1. The number of pyridine rings is 2. The molecule has 1 amide bonds. The number of carbonyl (C=O) groups excluding carboxylic acids is 1. The smallest absolute Gasteiger partial charge is 0.256 e. The monoisotopic (exact) mass is 422 g/mol. The first kappa shape index (κ1) is 20.6. The number of rotatable bonds is 5. The fourth-order valence-electron chi connectivity index (χ4n) is 3.77. The molecule has 9 heteroatoms. The molecule has 2 N–H and O–H groups in total. The Morgan fingerprint density at radius 1 is 1.06 bits per heavy atom. The highest BCUT2D eigenvalue weighted by molar-refractivity contribution is 5.73. The van der Waals surface area contributed by atoms with Crippen molar-refractivity contribution in [3.05, 3.63) is 65.0 Å². The maximum Gasteiger partial charge on any atom is 0.256 e. The van der Waals surface area contributed by atoms with Crippen molar-refractivity contribution in [3.63, 3.8) is 0 Å². The number of carbonyl (C=O) groups is 1. The van der Waals surface area contributed by atoms with E-state index in [9.17, 15) is 14.0 Å². The minimum atomic E-state index is -0.593. The van der Waals surface area contributed by atoms with Gasteiger partial charge in [0.05, 0.1) is 11.9 Å². The summed E-state index contributed by atoms with van der Waals surface area (Å²) in [6.07, 6.45) is 6.16. The van der Waals surface area contributed by atoms with E-state index in [4.69, 9.17) is 0 Å². The van der Waals surface area contributed by atoms with Crippen molar-refractivity contribution in [1.29, 1.82) is 0 Å². The Morgan fingerprint density at radius 3 is 2.58 bits per heavy atom. The largest absolute Gasteiger partial charge is 0.354 e.